The summed E-state index contributed by atoms with van der Waals surface area (Å²) in [5.41, 5.74) is 2.60. The first-order valence-corrected chi connectivity index (χ1v) is 5.69. The van der Waals surface area contributed by atoms with E-state index < -0.39 is 0 Å². The van der Waals surface area contributed by atoms with E-state index in [1.165, 1.54) is 19.8 Å². The molecule has 0 atom stereocenters. The zero-order valence-electron chi connectivity index (χ0n) is 7.25. The summed E-state index contributed by atoms with van der Waals surface area (Å²) in [4.78, 5) is 1.32. The molecule has 0 saturated heterocycles. The molecule has 66 valence electrons. The molecule has 0 amide bonds. The van der Waals surface area contributed by atoms with Crippen LogP contribution in [0.3, 0.4) is 0 Å². The number of rotatable bonds is 1. The molecular formula is C11H9BrS. The van der Waals surface area contributed by atoms with Crippen LogP contribution >= 0.6 is 27.3 Å². The van der Waals surface area contributed by atoms with E-state index in [1.807, 2.05) is 6.07 Å². The van der Waals surface area contributed by atoms with Crippen LogP contribution < -0.4 is 0 Å². The molecule has 13 heavy (non-hydrogen) atoms. The third-order valence-electron chi connectivity index (χ3n) is 1.92. The lowest BCUT2D eigenvalue weighted by molar-refractivity contribution is 1.53. The van der Waals surface area contributed by atoms with Crippen LogP contribution in [-0.4, -0.2) is 0 Å². The van der Waals surface area contributed by atoms with Crippen LogP contribution in [-0.2, 0) is 0 Å². The zero-order valence-corrected chi connectivity index (χ0v) is 9.65. The van der Waals surface area contributed by atoms with E-state index in [9.17, 15) is 0 Å². The predicted octanol–water partition coefficient (Wildman–Crippen LogP) is 4.49. The maximum atomic E-state index is 3.53. The van der Waals surface area contributed by atoms with Crippen molar-refractivity contribution in [2.24, 2.45) is 0 Å². The van der Waals surface area contributed by atoms with Crippen molar-refractivity contribution in [2.45, 2.75) is 6.92 Å². The fraction of sp³-hybridized carbons (Fsp3) is 0.0909. The van der Waals surface area contributed by atoms with E-state index >= 15 is 0 Å². The van der Waals surface area contributed by atoms with Crippen molar-refractivity contribution in [3.05, 3.63) is 45.7 Å². The molecule has 1 aromatic heterocycles. The minimum Gasteiger partial charge on any atom is -0.128 e. The molecule has 2 heteroatoms. The topological polar surface area (TPSA) is 0 Å². The summed E-state index contributed by atoms with van der Waals surface area (Å²) in [6.07, 6.45) is 0. The summed E-state index contributed by atoms with van der Waals surface area (Å²) in [6.45, 7) is 2.12. The summed E-state index contributed by atoms with van der Waals surface area (Å²) in [6, 6.07) is 12.7. The maximum Gasteiger partial charge on any atom is 0.0734 e. The lowest BCUT2D eigenvalue weighted by Crippen LogP contribution is -1.68. The Labute approximate surface area is 90.4 Å². The molecule has 0 N–H and O–H groups in total. The highest BCUT2D eigenvalue weighted by molar-refractivity contribution is 9.11. The Hall–Kier alpha value is -0.600. The van der Waals surface area contributed by atoms with Crippen LogP contribution in [0.1, 0.15) is 5.56 Å². The molecule has 0 aliphatic rings. The van der Waals surface area contributed by atoms with Crippen molar-refractivity contribution in [3.8, 4) is 10.4 Å². The van der Waals surface area contributed by atoms with Crippen molar-refractivity contribution in [1.29, 1.82) is 0 Å². The Morgan fingerprint density at radius 2 is 1.85 bits per heavy atom. The van der Waals surface area contributed by atoms with Gasteiger partial charge in [-0.3, -0.25) is 0 Å². The first-order chi connectivity index (χ1) is 6.27. The molecule has 2 rings (SSSR count). The summed E-state index contributed by atoms with van der Waals surface area (Å²) >= 11 is 5.32. The molecule has 0 radical (unpaired) electrons. The van der Waals surface area contributed by atoms with Crippen molar-refractivity contribution in [3.63, 3.8) is 0 Å². The quantitative estimate of drug-likeness (QED) is 0.702. The van der Waals surface area contributed by atoms with Crippen molar-refractivity contribution < 1.29 is 0 Å². The lowest BCUT2D eigenvalue weighted by Gasteiger charge is -1.93. The second-order valence-corrected chi connectivity index (χ2v) is 5.30. The number of hydrogen-bond acceptors (Lipinski definition) is 1. The van der Waals surface area contributed by atoms with Gasteiger partial charge < -0.3 is 0 Å². The Balaban J connectivity index is 2.48. The van der Waals surface area contributed by atoms with Gasteiger partial charge in [-0.1, -0.05) is 30.3 Å². The average Bonchev–Trinajstić information content (AvgIpc) is 2.49. The SMILES string of the molecule is Cc1cc(-c2ccccc2)sc1Br. The Morgan fingerprint density at radius 1 is 1.15 bits per heavy atom. The number of hydrogen-bond donors (Lipinski definition) is 0. The molecular weight excluding hydrogens is 244 g/mol. The molecule has 0 bridgehead atoms. The minimum atomic E-state index is 1.23. The van der Waals surface area contributed by atoms with Gasteiger partial charge in [0.1, 0.15) is 0 Å². The van der Waals surface area contributed by atoms with Crippen LogP contribution in [0.5, 0.6) is 0 Å². The molecule has 2 aromatic rings. The largest absolute Gasteiger partial charge is 0.128 e. The van der Waals surface area contributed by atoms with Crippen LogP contribution in [0, 0.1) is 6.92 Å². The van der Waals surface area contributed by atoms with Crippen LogP contribution in [0.4, 0.5) is 0 Å². The van der Waals surface area contributed by atoms with Gasteiger partial charge in [0.15, 0.2) is 0 Å². The van der Waals surface area contributed by atoms with Crippen LogP contribution in [0.25, 0.3) is 10.4 Å². The molecule has 0 unspecified atom stereocenters. The van der Waals surface area contributed by atoms with Gasteiger partial charge in [-0.05, 0) is 40.0 Å². The van der Waals surface area contributed by atoms with Crippen molar-refractivity contribution in [1.82, 2.24) is 0 Å². The standard InChI is InChI=1S/C11H9BrS/c1-8-7-10(13-11(8)12)9-5-3-2-4-6-9/h2-7H,1H3. The normalized spacial score (nSPS) is 10.3. The molecule has 0 saturated carbocycles. The molecule has 1 heterocycles. The van der Waals surface area contributed by atoms with Gasteiger partial charge in [0.2, 0.25) is 0 Å². The highest BCUT2D eigenvalue weighted by atomic mass is 79.9. The second kappa shape index (κ2) is 3.64. The number of halogens is 1. The third kappa shape index (κ3) is 1.84. The number of thiophene rings is 1. The number of benzene rings is 1. The second-order valence-electron chi connectivity index (χ2n) is 2.93. The fourth-order valence-electron chi connectivity index (χ4n) is 1.20. The maximum absolute atomic E-state index is 3.53. The van der Waals surface area contributed by atoms with E-state index in [0.29, 0.717) is 0 Å². The zero-order chi connectivity index (χ0) is 9.26. The predicted molar refractivity (Wildman–Crippen MR) is 62.2 cm³/mol. The summed E-state index contributed by atoms with van der Waals surface area (Å²) in [5, 5.41) is 0. The Morgan fingerprint density at radius 3 is 2.38 bits per heavy atom. The smallest absolute Gasteiger partial charge is 0.0734 e. The molecule has 1 aromatic carbocycles. The van der Waals surface area contributed by atoms with Gasteiger partial charge >= 0.3 is 0 Å². The summed E-state index contributed by atoms with van der Waals surface area (Å²) in [5.74, 6) is 0. The Bertz CT molecular complexity index is 384. The van der Waals surface area contributed by atoms with Crippen LogP contribution in [0.15, 0.2) is 40.2 Å². The van der Waals surface area contributed by atoms with E-state index in [0.717, 1.165) is 0 Å². The van der Waals surface area contributed by atoms with Gasteiger partial charge in [0.05, 0.1) is 3.79 Å². The first kappa shape index (κ1) is 8.97. The van der Waals surface area contributed by atoms with Gasteiger partial charge in [-0.2, -0.15) is 0 Å². The Kier molecular flexibility index (Phi) is 2.51. The van der Waals surface area contributed by atoms with E-state index in [1.54, 1.807) is 11.3 Å². The molecule has 0 spiro atoms. The minimum absolute atomic E-state index is 1.23. The van der Waals surface area contributed by atoms with E-state index in [-0.39, 0.29) is 0 Å². The van der Waals surface area contributed by atoms with E-state index in [4.69, 9.17) is 0 Å². The average molecular weight is 253 g/mol. The highest BCUT2D eigenvalue weighted by Crippen LogP contribution is 2.34. The molecule has 0 aliphatic heterocycles. The van der Waals surface area contributed by atoms with Gasteiger partial charge in [-0.25, -0.2) is 0 Å². The van der Waals surface area contributed by atoms with E-state index in [2.05, 4.69) is 53.2 Å². The fourth-order valence-corrected chi connectivity index (χ4v) is 2.74. The summed E-state index contributed by atoms with van der Waals surface area (Å²) in [7, 11) is 0. The van der Waals surface area contributed by atoms with Gasteiger partial charge in [0.25, 0.3) is 0 Å². The van der Waals surface area contributed by atoms with Crippen molar-refractivity contribution in [2.75, 3.05) is 0 Å². The van der Waals surface area contributed by atoms with Gasteiger partial charge in [-0.15, -0.1) is 11.3 Å². The van der Waals surface area contributed by atoms with Crippen molar-refractivity contribution >= 4 is 27.3 Å². The van der Waals surface area contributed by atoms with Crippen LogP contribution in [0.2, 0.25) is 0 Å². The highest BCUT2D eigenvalue weighted by Gasteiger charge is 2.03. The third-order valence-corrected chi connectivity index (χ3v) is 4.10. The monoisotopic (exact) mass is 252 g/mol. The lowest BCUT2D eigenvalue weighted by atomic mass is 10.2. The molecule has 0 fully saturated rings. The number of aryl methyl sites for hydroxylation is 1. The first-order valence-electron chi connectivity index (χ1n) is 4.09. The molecule has 0 aliphatic carbocycles. The van der Waals surface area contributed by atoms with Gasteiger partial charge in [0, 0.05) is 4.88 Å². The summed E-state index contributed by atoms with van der Waals surface area (Å²) < 4.78 is 1.23. The molecule has 0 nitrogen and oxygen atoms in total.